The molecule has 0 spiro atoms. The Kier molecular flexibility index (Phi) is 3.59. The van der Waals surface area contributed by atoms with Crippen molar-refractivity contribution >= 4 is 11.8 Å². The van der Waals surface area contributed by atoms with Crippen LogP contribution in [-0.4, -0.2) is 62.7 Å². The molecule has 0 amide bonds. The lowest BCUT2D eigenvalue weighted by Gasteiger charge is -2.65. The van der Waals surface area contributed by atoms with E-state index < -0.39 is 76.8 Å². The Bertz CT molecular complexity index is 717. The molecule has 1 saturated heterocycles. The van der Waals surface area contributed by atoms with Gasteiger partial charge in [0.15, 0.2) is 5.78 Å². The number of carbonyl (C=O) groups excluding carboxylic acids is 2. The number of aliphatic hydroxyl groups excluding tert-OH is 4. The van der Waals surface area contributed by atoms with Crippen molar-refractivity contribution < 1.29 is 34.8 Å². The van der Waals surface area contributed by atoms with Crippen molar-refractivity contribution in [2.75, 3.05) is 0 Å². The number of carbonyl (C=O) groups is 2. The summed E-state index contributed by atoms with van der Waals surface area (Å²) in [7, 11) is 0. The van der Waals surface area contributed by atoms with Crippen LogP contribution in [0.15, 0.2) is 11.6 Å². The topological polar surface area (TPSA) is 124 Å². The highest BCUT2D eigenvalue weighted by Gasteiger charge is 2.77. The van der Waals surface area contributed by atoms with Crippen LogP contribution in [-0.2, 0) is 14.3 Å². The summed E-state index contributed by atoms with van der Waals surface area (Å²) in [5.41, 5.74) is -1.65. The van der Waals surface area contributed by atoms with Gasteiger partial charge < -0.3 is 25.2 Å². The smallest absolute Gasteiger partial charge is 0.310 e. The maximum atomic E-state index is 12.6. The lowest BCUT2D eigenvalue weighted by atomic mass is 9.39. The van der Waals surface area contributed by atoms with Gasteiger partial charge in [-0.1, -0.05) is 26.3 Å². The molecule has 2 saturated carbocycles. The third-order valence-corrected chi connectivity index (χ3v) is 7.92. The molecule has 144 valence electrons. The SMILES string of the molecule is CC1=CC(=O)[C@@H](O)[C@@]2(C)[C@H]1[C@@H](O)[C@H]1OC(=O)C3[C@@H](C)[C@H](O)[C@H](O)[C@H]2[C@]31C. The van der Waals surface area contributed by atoms with Gasteiger partial charge in [0.05, 0.1) is 24.2 Å². The van der Waals surface area contributed by atoms with E-state index in [0.29, 0.717) is 5.57 Å². The Labute approximate surface area is 151 Å². The minimum atomic E-state index is -1.44. The molecule has 7 heteroatoms. The van der Waals surface area contributed by atoms with Crippen molar-refractivity contribution in [3.8, 4) is 0 Å². The van der Waals surface area contributed by atoms with Crippen LogP contribution in [0, 0.1) is 34.5 Å². The van der Waals surface area contributed by atoms with Crippen molar-refractivity contribution in [2.24, 2.45) is 34.5 Å². The second-order valence-corrected chi connectivity index (χ2v) is 9.05. The van der Waals surface area contributed by atoms with Crippen molar-refractivity contribution in [1.29, 1.82) is 0 Å². The molecule has 4 aliphatic rings. The molecule has 0 bridgehead atoms. The molecule has 11 atom stereocenters. The van der Waals surface area contributed by atoms with Crippen LogP contribution in [0.4, 0.5) is 0 Å². The summed E-state index contributed by atoms with van der Waals surface area (Å²) in [5.74, 6) is -3.75. The summed E-state index contributed by atoms with van der Waals surface area (Å²) < 4.78 is 5.56. The second-order valence-electron chi connectivity index (χ2n) is 9.05. The molecule has 1 unspecified atom stereocenters. The van der Waals surface area contributed by atoms with Crippen molar-refractivity contribution in [3.05, 3.63) is 11.6 Å². The maximum Gasteiger partial charge on any atom is 0.310 e. The van der Waals surface area contributed by atoms with Crippen LogP contribution in [0.25, 0.3) is 0 Å². The van der Waals surface area contributed by atoms with Gasteiger partial charge in [0.25, 0.3) is 0 Å². The standard InChI is InChI=1S/C19H26O7/c1-6-5-8(20)15(24)18(3)9(6)12(22)16-19(4)10(17(25)26-16)7(2)11(21)13(23)14(18)19/h5,7,9-16,21-24H,1-4H3/t7-,9-,10?,11+,12-,13+,14-,15-,16-,18+,19+/m1/s1. The molecule has 1 heterocycles. The molecular weight excluding hydrogens is 340 g/mol. The Morgan fingerprint density at radius 3 is 2.19 bits per heavy atom. The Hall–Kier alpha value is -1.28. The van der Waals surface area contributed by atoms with Gasteiger partial charge in [-0.25, -0.2) is 0 Å². The molecule has 4 rings (SSSR count). The van der Waals surface area contributed by atoms with Crippen molar-refractivity contribution in [2.45, 2.75) is 58.2 Å². The van der Waals surface area contributed by atoms with Crippen LogP contribution < -0.4 is 0 Å². The molecule has 4 N–H and O–H groups in total. The first-order chi connectivity index (χ1) is 12.0. The maximum absolute atomic E-state index is 12.6. The van der Waals surface area contributed by atoms with E-state index in [-0.39, 0.29) is 0 Å². The second kappa shape index (κ2) is 5.16. The lowest BCUT2D eigenvalue weighted by Crippen LogP contribution is -2.74. The summed E-state index contributed by atoms with van der Waals surface area (Å²) in [6, 6.07) is 0. The zero-order valence-corrected chi connectivity index (χ0v) is 15.3. The number of aliphatic hydroxyl groups is 4. The lowest BCUT2D eigenvalue weighted by molar-refractivity contribution is -0.266. The predicted molar refractivity (Wildman–Crippen MR) is 88.5 cm³/mol. The highest BCUT2D eigenvalue weighted by Crippen LogP contribution is 2.68. The van der Waals surface area contributed by atoms with Crippen LogP contribution in [0.3, 0.4) is 0 Å². The molecule has 26 heavy (non-hydrogen) atoms. The molecule has 7 nitrogen and oxygen atoms in total. The van der Waals surface area contributed by atoms with E-state index in [1.165, 1.54) is 6.08 Å². The average molecular weight is 366 g/mol. The van der Waals surface area contributed by atoms with Gasteiger partial charge in [0.2, 0.25) is 0 Å². The van der Waals surface area contributed by atoms with E-state index in [9.17, 15) is 30.0 Å². The van der Waals surface area contributed by atoms with E-state index in [1.54, 1.807) is 27.7 Å². The summed E-state index contributed by atoms with van der Waals surface area (Å²) >= 11 is 0. The van der Waals surface area contributed by atoms with Gasteiger partial charge in [-0.2, -0.15) is 0 Å². The molecule has 3 aliphatic carbocycles. The van der Waals surface area contributed by atoms with Gasteiger partial charge in [0.1, 0.15) is 12.2 Å². The van der Waals surface area contributed by atoms with E-state index >= 15 is 0 Å². The van der Waals surface area contributed by atoms with Crippen LogP contribution in [0.1, 0.15) is 27.7 Å². The van der Waals surface area contributed by atoms with Gasteiger partial charge >= 0.3 is 5.97 Å². The highest BCUT2D eigenvalue weighted by molar-refractivity contribution is 5.96. The number of esters is 1. The third-order valence-electron chi connectivity index (χ3n) is 7.92. The number of ketones is 1. The quantitative estimate of drug-likeness (QED) is 0.422. The first kappa shape index (κ1) is 18.1. The Morgan fingerprint density at radius 2 is 1.58 bits per heavy atom. The fourth-order valence-electron chi connectivity index (χ4n) is 6.99. The normalized spacial score (nSPS) is 58.6. The zero-order chi connectivity index (χ0) is 19.3. The van der Waals surface area contributed by atoms with E-state index in [2.05, 4.69) is 0 Å². The number of hydrogen-bond donors (Lipinski definition) is 4. The minimum Gasteiger partial charge on any atom is -0.459 e. The average Bonchev–Trinajstić information content (AvgIpc) is 2.81. The molecule has 1 aliphatic heterocycles. The Morgan fingerprint density at radius 1 is 0.962 bits per heavy atom. The minimum absolute atomic E-state index is 0.488. The highest BCUT2D eigenvalue weighted by atomic mass is 16.6. The first-order valence-electron chi connectivity index (χ1n) is 9.13. The fraction of sp³-hybridized carbons (Fsp3) is 0.789. The monoisotopic (exact) mass is 366 g/mol. The molecule has 0 aromatic carbocycles. The van der Waals surface area contributed by atoms with Crippen LogP contribution in [0.5, 0.6) is 0 Å². The molecule has 0 radical (unpaired) electrons. The largest absolute Gasteiger partial charge is 0.459 e. The Balaban J connectivity index is 2.00. The number of hydrogen-bond acceptors (Lipinski definition) is 7. The number of fused-ring (bicyclic) bond motifs is 2. The van der Waals surface area contributed by atoms with E-state index in [4.69, 9.17) is 4.74 Å². The van der Waals surface area contributed by atoms with Gasteiger partial charge in [-0.15, -0.1) is 0 Å². The van der Waals surface area contributed by atoms with E-state index in [1.807, 2.05) is 0 Å². The summed E-state index contributed by atoms with van der Waals surface area (Å²) in [5, 5.41) is 43.6. The molecule has 3 fully saturated rings. The zero-order valence-electron chi connectivity index (χ0n) is 15.3. The van der Waals surface area contributed by atoms with Crippen LogP contribution >= 0.6 is 0 Å². The summed E-state index contributed by atoms with van der Waals surface area (Å²) in [6.07, 6.45) is -4.55. The van der Waals surface area contributed by atoms with Crippen molar-refractivity contribution in [1.82, 2.24) is 0 Å². The van der Waals surface area contributed by atoms with Crippen molar-refractivity contribution in [3.63, 3.8) is 0 Å². The van der Waals surface area contributed by atoms with Gasteiger partial charge in [-0.05, 0) is 18.9 Å². The molecule has 0 aromatic rings. The molecular formula is C19H26O7. The third kappa shape index (κ3) is 1.73. The van der Waals surface area contributed by atoms with Gasteiger partial charge in [-0.3, -0.25) is 9.59 Å². The van der Waals surface area contributed by atoms with E-state index in [0.717, 1.165) is 0 Å². The summed E-state index contributed by atoms with van der Waals surface area (Å²) in [6.45, 7) is 6.80. The van der Waals surface area contributed by atoms with Gasteiger partial charge in [0, 0.05) is 22.7 Å². The number of ether oxygens (including phenoxy) is 1. The molecule has 0 aromatic heterocycles. The predicted octanol–water partition coefficient (Wildman–Crippen LogP) is -0.591. The fourth-order valence-corrected chi connectivity index (χ4v) is 6.99. The number of rotatable bonds is 0. The van der Waals surface area contributed by atoms with Crippen LogP contribution in [0.2, 0.25) is 0 Å². The summed E-state index contributed by atoms with van der Waals surface area (Å²) in [4.78, 5) is 25.0. The first-order valence-corrected chi connectivity index (χ1v) is 9.13.